The average Bonchev–Trinajstić information content (AvgIpc) is 3.06. The van der Waals surface area contributed by atoms with Gasteiger partial charge in [0.15, 0.2) is 0 Å². The van der Waals surface area contributed by atoms with Crippen LogP contribution >= 0.6 is 0 Å². The highest BCUT2D eigenvalue weighted by Crippen LogP contribution is 2.44. The number of piperidine rings is 1. The molecule has 0 bridgehead atoms. The number of ether oxygens (including phenoxy) is 1. The Morgan fingerprint density at radius 3 is 2.59 bits per heavy atom. The van der Waals surface area contributed by atoms with Gasteiger partial charge in [-0.2, -0.15) is 0 Å². The van der Waals surface area contributed by atoms with E-state index < -0.39 is 5.60 Å². The Kier molecular flexibility index (Phi) is 5.21. The van der Waals surface area contributed by atoms with Crippen LogP contribution in [0.15, 0.2) is 18.2 Å². The Bertz CT molecular complexity index is 661. The molecule has 27 heavy (non-hydrogen) atoms. The van der Waals surface area contributed by atoms with Crippen molar-refractivity contribution < 1.29 is 14.2 Å². The van der Waals surface area contributed by atoms with Gasteiger partial charge in [-0.1, -0.05) is 6.07 Å². The molecule has 3 fully saturated rings. The van der Waals surface area contributed by atoms with E-state index >= 15 is 0 Å². The summed E-state index contributed by atoms with van der Waals surface area (Å²) < 4.78 is 19.6. The average molecular weight is 377 g/mol. The van der Waals surface area contributed by atoms with Crippen LogP contribution < -0.4 is 10.1 Å². The van der Waals surface area contributed by atoms with Crippen LogP contribution in [0.4, 0.5) is 4.39 Å². The molecule has 5 heteroatoms. The van der Waals surface area contributed by atoms with Crippen molar-refractivity contribution >= 4 is 0 Å². The van der Waals surface area contributed by atoms with E-state index in [2.05, 4.69) is 10.2 Å². The maximum atomic E-state index is 13.8. The monoisotopic (exact) mass is 376 g/mol. The third-order valence-electron chi connectivity index (χ3n) is 6.72. The van der Waals surface area contributed by atoms with E-state index in [1.54, 1.807) is 13.8 Å². The SMILES string of the molecule is CC(C)(O)COc1cc(F)ccc1C1CCN([C@@H]2CCC3(CNC3)C2)CC1. The van der Waals surface area contributed by atoms with Crippen molar-refractivity contribution in [3.8, 4) is 5.75 Å². The molecule has 2 saturated heterocycles. The summed E-state index contributed by atoms with van der Waals surface area (Å²) in [5.41, 5.74) is 0.754. The first-order valence-corrected chi connectivity index (χ1v) is 10.4. The summed E-state index contributed by atoms with van der Waals surface area (Å²) in [7, 11) is 0. The summed E-state index contributed by atoms with van der Waals surface area (Å²) in [5, 5.41) is 13.4. The molecule has 1 saturated carbocycles. The Morgan fingerprint density at radius 2 is 2.00 bits per heavy atom. The van der Waals surface area contributed by atoms with Gasteiger partial charge in [0, 0.05) is 25.2 Å². The first kappa shape index (κ1) is 19.2. The lowest BCUT2D eigenvalue weighted by atomic mass is 9.80. The molecule has 4 nitrogen and oxygen atoms in total. The summed E-state index contributed by atoms with van der Waals surface area (Å²) in [6.45, 7) is 8.21. The van der Waals surface area contributed by atoms with Crippen LogP contribution in [0.25, 0.3) is 0 Å². The van der Waals surface area contributed by atoms with Crippen LogP contribution in [-0.2, 0) is 0 Å². The molecule has 1 atom stereocenters. The summed E-state index contributed by atoms with van der Waals surface area (Å²) in [6, 6.07) is 5.62. The summed E-state index contributed by atoms with van der Waals surface area (Å²) in [5.74, 6) is 0.711. The maximum absolute atomic E-state index is 13.8. The van der Waals surface area contributed by atoms with Crippen molar-refractivity contribution in [2.45, 2.75) is 63.5 Å². The maximum Gasteiger partial charge on any atom is 0.126 e. The van der Waals surface area contributed by atoms with Gasteiger partial charge in [0.2, 0.25) is 0 Å². The molecule has 0 unspecified atom stereocenters. The largest absolute Gasteiger partial charge is 0.490 e. The van der Waals surface area contributed by atoms with Crippen molar-refractivity contribution in [3.05, 3.63) is 29.6 Å². The van der Waals surface area contributed by atoms with E-state index in [0.29, 0.717) is 17.1 Å². The van der Waals surface area contributed by atoms with Crippen LogP contribution in [0.3, 0.4) is 0 Å². The van der Waals surface area contributed by atoms with Gasteiger partial charge in [-0.3, -0.25) is 0 Å². The lowest BCUT2D eigenvalue weighted by Gasteiger charge is -2.41. The topological polar surface area (TPSA) is 44.7 Å². The van der Waals surface area contributed by atoms with E-state index in [9.17, 15) is 9.50 Å². The minimum Gasteiger partial charge on any atom is -0.490 e. The zero-order valence-corrected chi connectivity index (χ0v) is 16.6. The second kappa shape index (κ2) is 7.34. The van der Waals surface area contributed by atoms with Crippen LogP contribution in [0.2, 0.25) is 0 Å². The molecule has 4 rings (SSSR count). The standard InChI is InChI=1S/C22H33FN2O2/c1-21(2,26)15-27-20-11-17(23)3-4-19(20)16-6-9-25(10-7-16)18-5-8-22(12-18)13-24-14-22/h3-4,11,16,18,24,26H,5-10,12-15H2,1-2H3/t18-/m1/s1. The number of aliphatic hydroxyl groups is 1. The predicted octanol–water partition coefficient (Wildman–Crippen LogP) is 3.30. The van der Waals surface area contributed by atoms with Gasteiger partial charge < -0.3 is 20.1 Å². The lowest BCUT2D eigenvalue weighted by Crippen LogP contribution is -2.52. The Hall–Kier alpha value is -1.17. The van der Waals surface area contributed by atoms with E-state index in [1.165, 1.54) is 44.5 Å². The minimum absolute atomic E-state index is 0.167. The van der Waals surface area contributed by atoms with Crippen molar-refractivity contribution in [1.82, 2.24) is 10.2 Å². The molecule has 1 spiro atoms. The smallest absolute Gasteiger partial charge is 0.126 e. The molecular weight excluding hydrogens is 343 g/mol. The van der Waals surface area contributed by atoms with Gasteiger partial charge in [0.05, 0.1) is 5.60 Å². The number of nitrogens with one attached hydrogen (secondary N) is 1. The van der Waals surface area contributed by atoms with Crippen LogP contribution in [-0.4, -0.2) is 54.4 Å². The fraction of sp³-hybridized carbons (Fsp3) is 0.727. The zero-order valence-electron chi connectivity index (χ0n) is 16.6. The third kappa shape index (κ3) is 4.30. The van der Waals surface area contributed by atoms with Gasteiger partial charge >= 0.3 is 0 Å². The lowest BCUT2D eigenvalue weighted by molar-refractivity contribution is 0.0277. The van der Waals surface area contributed by atoms with E-state index in [1.807, 2.05) is 6.07 Å². The highest BCUT2D eigenvalue weighted by molar-refractivity contribution is 5.37. The Labute approximate surface area is 162 Å². The fourth-order valence-corrected chi connectivity index (χ4v) is 5.09. The zero-order chi connectivity index (χ0) is 19.1. The molecule has 1 aliphatic carbocycles. The number of nitrogens with zero attached hydrogens (tertiary/aromatic N) is 1. The molecule has 2 aliphatic heterocycles. The molecule has 1 aromatic carbocycles. The van der Waals surface area contributed by atoms with E-state index in [0.717, 1.165) is 37.5 Å². The second-order valence-electron chi connectivity index (χ2n) is 9.59. The van der Waals surface area contributed by atoms with Crippen LogP contribution in [0.1, 0.15) is 57.4 Å². The van der Waals surface area contributed by atoms with Gasteiger partial charge in [0.25, 0.3) is 0 Å². The molecule has 150 valence electrons. The number of hydrogen-bond acceptors (Lipinski definition) is 4. The Morgan fingerprint density at radius 1 is 1.26 bits per heavy atom. The van der Waals surface area contributed by atoms with Crippen molar-refractivity contribution in [2.24, 2.45) is 5.41 Å². The Balaban J connectivity index is 1.38. The quantitative estimate of drug-likeness (QED) is 0.828. The van der Waals surface area contributed by atoms with Gasteiger partial charge in [0.1, 0.15) is 18.2 Å². The normalized spacial score (nSPS) is 26.3. The molecule has 0 amide bonds. The summed E-state index contributed by atoms with van der Waals surface area (Å²) in [4.78, 5) is 2.68. The number of benzene rings is 1. The minimum atomic E-state index is -0.929. The number of halogens is 1. The van der Waals surface area contributed by atoms with Gasteiger partial charge in [-0.05, 0) is 82.0 Å². The highest BCUT2D eigenvalue weighted by atomic mass is 19.1. The molecule has 3 aliphatic rings. The molecule has 2 heterocycles. The number of hydrogen-bond donors (Lipinski definition) is 2. The van der Waals surface area contributed by atoms with E-state index in [-0.39, 0.29) is 12.4 Å². The first-order valence-electron chi connectivity index (χ1n) is 10.4. The van der Waals surface area contributed by atoms with Crippen LogP contribution in [0, 0.1) is 11.2 Å². The second-order valence-corrected chi connectivity index (χ2v) is 9.59. The predicted molar refractivity (Wildman–Crippen MR) is 105 cm³/mol. The van der Waals surface area contributed by atoms with Gasteiger partial charge in [-0.25, -0.2) is 4.39 Å². The third-order valence-corrected chi connectivity index (χ3v) is 6.72. The van der Waals surface area contributed by atoms with E-state index in [4.69, 9.17) is 4.74 Å². The molecule has 1 aromatic rings. The summed E-state index contributed by atoms with van der Waals surface area (Å²) >= 11 is 0. The highest BCUT2D eigenvalue weighted by Gasteiger charge is 2.45. The van der Waals surface area contributed by atoms with Crippen molar-refractivity contribution in [2.75, 3.05) is 32.8 Å². The van der Waals surface area contributed by atoms with Crippen LogP contribution in [0.5, 0.6) is 5.75 Å². The van der Waals surface area contributed by atoms with Gasteiger partial charge in [-0.15, -0.1) is 0 Å². The van der Waals surface area contributed by atoms with Crippen molar-refractivity contribution in [3.63, 3.8) is 0 Å². The van der Waals surface area contributed by atoms with Crippen molar-refractivity contribution in [1.29, 1.82) is 0 Å². The molecule has 2 N–H and O–H groups in total. The summed E-state index contributed by atoms with van der Waals surface area (Å²) in [6.07, 6.45) is 6.24. The number of rotatable bonds is 5. The molecule has 0 radical (unpaired) electrons. The first-order chi connectivity index (χ1) is 12.8. The molecular formula is C22H33FN2O2. The fourth-order valence-electron chi connectivity index (χ4n) is 5.09. The molecule has 0 aromatic heterocycles. The number of likely N-dealkylation sites (tertiary alicyclic amines) is 1.